The second-order valence-electron chi connectivity index (χ2n) is 5.92. The van der Waals surface area contributed by atoms with Crippen LogP contribution in [0, 0.1) is 11.8 Å². The van der Waals surface area contributed by atoms with Crippen molar-refractivity contribution in [3.05, 3.63) is 0 Å². The van der Waals surface area contributed by atoms with Crippen LogP contribution in [0.4, 0.5) is 0 Å². The molecule has 2 saturated heterocycles. The highest BCUT2D eigenvalue weighted by atomic mass is 16.5. The summed E-state index contributed by atoms with van der Waals surface area (Å²) >= 11 is 0. The van der Waals surface area contributed by atoms with Gasteiger partial charge in [0, 0.05) is 25.8 Å². The van der Waals surface area contributed by atoms with Crippen molar-refractivity contribution in [1.82, 2.24) is 10.2 Å². The molecule has 2 aliphatic rings. The highest BCUT2D eigenvalue weighted by Gasteiger charge is 2.22. The maximum Gasteiger partial charge on any atom is 0.0494 e. The molecule has 0 bridgehead atoms. The molecule has 0 spiro atoms. The zero-order valence-electron chi connectivity index (χ0n) is 11.5. The van der Waals surface area contributed by atoms with Gasteiger partial charge < -0.3 is 15.0 Å². The van der Waals surface area contributed by atoms with E-state index >= 15 is 0 Å². The van der Waals surface area contributed by atoms with E-state index in [0.29, 0.717) is 6.04 Å². The van der Waals surface area contributed by atoms with Gasteiger partial charge in [-0.05, 0) is 57.7 Å². The van der Waals surface area contributed by atoms with Crippen LogP contribution in [0.2, 0.25) is 0 Å². The monoisotopic (exact) mass is 240 g/mol. The standard InChI is InChI=1S/C14H28N2O/c1-12-11-17-8-5-14(12)9-15-13(2)10-16-6-3-4-7-16/h12-15H,3-11H2,1-2H3. The average Bonchev–Trinajstić information content (AvgIpc) is 2.81. The molecule has 3 nitrogen and oxygen atoms in total. The number of hydrogen-bond donors (Lipinski definition) is 1. The van der Waals surface area contributed by atoms with Crippen LogP contribution in [0.3, 0.4) is 0 Å². The number of nitrogens with one attached hydrogen (secondary N) is 1. The van der Waals surface area contributed by atoms with E-state index < -0.39 is 0 Å². The minimum absolute atomic E-state index is 0.628. The lowest BCUT2D eigenvalue weighted by atomic mass is 9.90. The van der Waals surface area contributed by atoms with Gasteiger partial charge in [0.2, 0.25) is 0 Å². The van der Waals surface area contributed by atoms with Gasteiger partial charge >= 0.3 is 0 Å². The van der Waals surface area contributed by atoms with E-state index in [0.717, 1.165) is 25.0 Å². The van der Waals surface area contributed by atoms with Gasteiger partial charge in [-0.2, -0.15) is 0 Å². The average molecular weight is 240 g/mol. The molecular formula is C14H28N2O. The lowest BCUT2D eigenvalue weighted by Gasteiger charge is -2.31. The van der Waals surface area contributed by atoms with E-state index in [1.54, 1.807) is 0 Å². The SMILES string of the molecule is CC(CN1CCCC1)NCC1CCOCC1C. The highest BCUT2D eigenvalue weighted by Crippen LogP contribution is 2.20. The molecule has 100 valence electrons. The number of hydrogen-bond acceptors (Lipinski definition) is 3. The van der Waals surface area contributed by atoms with E-state index in [4.69, 9.17) is 4.74 Å². The fraction of sp³-hybridized carbons (Fsp3) is 1.00. The summed E-state index contributed by atoms with van der Waals surface area (Å²) in [5, 5.41) is 3.71. The molecule has 3 heteroatoms. The Kier molecular flexibility index (Phi) is 5.26. The second-order valence-corrected chi connectivity index (χ2v) is 5.92. The fourth-order valence-electron chi connectivity index (χ4n) is 3.00. The molecule has 0 aliphatic carbocycles. The summed E-state index contributed by atoms with van der Waals surface area (Å²) in [5.41, 5.74) is 0. The molecule has 0 aromatic rings. The maximum absolute atomic E-state index is 5.49. The molecule has 0 saturated carbocycles. The van der Waals surface area contributed by atoms with Crippen LogP contribution in [0.5, 0.6) is 0 Å². The van der Waals surface area contributed by atoms with E-state index in [1.165, 1.54) is 45.4 Å². The predicted octanol–water partition coefficient (Wildman–Crippen LogP) is 1.73. The normalized spacial score (nSPS) is 32.8. The molecule has 2 rings (SSSR count). The molecule has 0 amide bonds. The zero-order chi connectivity index (χ0) is 12.1. The van der Waals surface area contributed by atoms with E-state index in [1.807, 2.05) is 0 Å². The first-order chi connectivity index (χ1) is 8.25. The molecule has 0 aromatic carbocycles. The second kappa shape index (κ2) is 6.72. The van der Waals surface area contributed by atoms with Crippen LogP contribution in [-0.4, -0.2) is 50.3 Å². The lowest BCUT2D eigenvalue weighted by Crippen LogP contribution is -2.42. The van der Waals surface area contributed by atoms with Gasteiger partial charge in [0.05, 0.1) is 0 Å². The summed E-state index contributed by atoms with van der Waals surface area (Å²) < 4.78 is 5.49. The van der Waals surface area contributed by atoms with E-state index in [9.17, 15) is 0 Å². The quantitative estimate of drug-likeness (QED) is 0.792. The van der Waals surface area contributed by atoms with Gasteiger partial charge in [0.25, 0.3) is 0 Å². The van der Waals surface area contributed by atoms with Crippen molar-refractivity contribution in [1.29, 1.82) is 0 Å². The Morgan fingerprint density at radius 3 is 2.82 bits per heavy atom. The smallest absolute Gasteiger partial charge is 0.0494 e. The Balaban J connectivity index is 1.62. The first-order valence-corrected chi connectivity index (χ1v) is 7.29. The van der Waals surface area contributed by atoms with Crippen LogP contribution < -0.4 is 5.32 Å². The molecule has 2 heterocycles. The third kappa shape index (κ3) is 4.23. The van der Waals surface area contributed by atoms with Gasteiger partial charge in [0.1, 0.15) is 0 Å². The van der Waals surface area contributed by atoms with E-state index in [2.05, 4.69) is 24.1 Å². The molecule has 2 fully saturated rings. The Morgan fingerprint density at radius 1 is 1.35 bits per heavy atom. The Bertz CT molecular complexity index is 216. The number of likely N-dealkylation sites (tertiary alicyclic amines) is 1. The summed E-state index contributed by atoms with van der Waals surface area (Å²) in [6.07, 6.45) is 4.01. The van der Waals surface area contributed by atoms with Crippen LogP contribution in [0.1, 0.15) is 33.1 Å². The van der Waals surface area contributed by atoms with Crippen molar-refractivity contribution in [3.63, 3.8) is 0 Å². The molecule has 2 aliphatic heterocycles. The molecule has 0 aromatic heterocycles. The van der Waals surface area contributed by atoms with Crippen LogP contribution in [0.15, 0.2) is 0 Å². The van der Waals surface area contributed by atoms with Crippen molar-refractivity contribution in [2.24, 2.45) is 11.8 Å². The molecule has 1 N–H and O–H groups in total. The Morgan fingerprint density at radius 2 is 2.12 bits per heavy atom. The summed E-state index contributed by atoms with van der Waals surface area (Å²) in [6.45, 7) is 11.5. The summed E-state index contributed by atoms with van der Waals surface area (Å²) in [4.78, 5) is 2.59. The third-order valence-corrected chi connectivity index (χ3v) is 4.28. The third-order valence-electron chi connectivity index (χ3n) is 4.28. The number of rotatable bonds is 5. The van der Waals surface area contributed by atoms with Crippen LogP contribution >= 0.6 is 0 Å². The van der Waals surface area contributed by atoms with Crippen molar-refractivity contribution in [2.75, 3.05) is 39.4 Å². The summed E-state index contributed by atoms with van der Waals surface area (Å²) in [6, 6.07) is 0.628. The number of ether oxygens (including phenoxy) is 1. The van der Waals surface area contributed by atoms with Gasteiger partial charge in [-0.3, -0.25) is 0 Å². The molecular weight excluding hydrogens is 212 g/mol. The molecule has 3 atom stereocenters. The Labute approximate surface area is 106 Å². The van der Waals surface area contributed by atoms with Gasteiger partial charge in [-0.1, -0.05) is 6.92 Å². The van der Waals surface area contributed by atoms with Crippen LogP contribution in [-0.2, 0) is 4.74 Å². The fourth-order valence-corrected chi connectivity index (χ4v) is 3.00. The minimum Gasteiger partial charge on any atom is -0.381 e. The van der Waals surface area contributed by atoms with Crippen molar-refractivity contribution in [3.8, 4) is 0 Å². The van der Waals surface area contributed by atoms with Gasteiger partial charge in [-0.25, -0.2) is 0 Å². The zero-order valence-corrected chi connectivity index (χ0v) is 11.5. The topological polar surface area (TPSA) is 24.5 Å². The molecule has 3 unspecified atom stereocenters. The largest absolute Gasteiger partial charge is 0.381 e. The lowest BCUT2D eigenvalue weighted by molar-refractivity contribution is 0.0235. The van der Waals surface area contributed by atoms with Gasteiger partial charge in [0.15, 0.2) is 0 Å². The van der Waals surface area contributed by atoms with Crippen molar-refractivity contribution >= 4 is 0 Å². The summed E-state index contributed by atoms with van der Waals surface area (Å²) in [5.74, 6) is 1.53. The maximum atomic E-state index is 5.49. The van der Waals surface area contributed by atoms with Crippen molar-refractivity contribution in [2.45, 2.75) is 39.2 Å². The first-order valence-electron chi connectivity index (χ1n) is 7.29. The van der Waals surface area contributed by atoms with E-state index in [-0.39, 0.29) is 0 Å². The first kappa shape index (κ1) is 13.3. The Hall–Kier alpha value is -0.120. The predicted molar refractivity (Wildman–Crippen MR) is 71.2 cm³/mol. The van der Waals surface area contributed by atoms with Crippen LogP contribution in [0.25, 0.3) is 0 Å². The molecule has 0 radical (unpaired) electrons. The minimum atomic E-state index is 0.628. The number of nitrogens with zero attached hydrogens (tertiary/aromatic N) is 1. The highest BCUT2D eigenvalue weighted by molar-refractivity contribution is 4.76. The van der Waals surface area contributed by atoms with Gasteiger partial charge in [-0.15, -0.1) is 0 Å². The summed E-state index contributed by atoms with van der Waals surface area (Å²) in [7, 11) is 0. The van der Waals surface area contributed by atoms with Crippen molar-refractivity contribution < 1.29 is 4.74 Å². The molecule has 17 heavy (non-hydrogen) atoms.